The molecule has 0 atom stereocenters. The van der Waals surface area contributed by atoms with E-state index in [2.05, 4.69) is 0 Å². The highest BCUT2D eigenvalue weighted by Gasteiger charge is 2.21. The van der Waals surface area contributed by atoms with E-state index in [-0.39, 0.29) is 6.09 Å². The lowest BCUT2D eigenvalue weighted by atomic mass is 10.2. The van der Waals surface area contributed by atoms with Crippen LogP contribution >= 0.6 is 22.9 Å². The van der Waals surface area contributed by atoms with Gasteiger partial charge in [0.2, 0.25) is 0 Å². The van der Waals surface area contributed by atoms with Crippen LogP contribution < -0.4 is 0 Å². The molecule has 3 nitrogen and oxygen atoms in total. The summed E-state index contributed by atoms with van der Waals surface area (Å²) < 4.78 is 5.00. The molecule has 0 aromatic carbocycles. The summed E-state index contributed by atoms with van der Waals surface area (Å²) in [6.45, 7) is 3.67. The number of nitrogens with zero attached hydrogens (tertiary/aromatic N) is 1. The number of fused-ring (bicyclic) bond motifs is 1. The van der Waals surface area contributed by atoms with Crippen LogP contribution in [-0.2, 0) is 17.6 Å². The van der Waals surface area contributed by atoms with Crippen LogP contribution in [-0.4, -0.2) is 30.7 Å². The lowest BCUT2D eigenvalue weighted by Crippen LogP contribution is -2.33. The molecular weight excluding hydrogens is 246 g/mol. The second kappa shape index (κ2) is 5.06. The molecule has 0 spiro atoms. The standard InChI is InChI=1S/C11H14ClNO2S/c1-2-15-11(14)13-5-3-8-9(12)7-16-10(8)4-6-13/h7H,2-6H2,1H3. The highest BCUT2D eigenvalue weighted by atomic mass is 35.5. The zero-order chi connectivity index (χ0) is 11.5. The number of carbonyl (C=O) groups excluding carboxylic acids is 1. The van der Waals surface area contributed by atoms with E-state index >= 15 is 0 Å². The van der Waals surface area contributed by atoms with Crippen molar-refractivity contribution in [3.8, 4) is 0 Å². The smallest absolute Gasteiger partial charge is 0.409 e. The largest absolute Gasteiger partial charge is 0.450 e. The van der Waals surface area contributed by atoms with Crippen LogP contribution in [0.15, 0.2) is 5.38 Å². The van der Waals surface area contributed by atoms with E-state index in [1.165, 1.54) is 10.4 Å². The van der Waals surface area contributed by atoms with E-state index in [1.54, 1.807) is 16.2 Å². The molecular formula is C11H14ClNO2S. The molecule has 1 aliphatic rings. The number of thiophene rings is 1. The zero-order valence-corrected chi connectivity index (χ0v) is 10.7. The molecule has 0 fully saturated rings. The van der Waals surface area contributed by atoms with Gasteiger partial charge in [-0.2, -0.15) is 0 Å². The summed E-state index contributed by atoms with van der Waals surface area (Å²) in [4.78, 5) is 14.6. The molecule has 1 aromatic heterocycles. The minimum atomic E-state index is -0.214. The van der Waals surface area contributed by atoms with E-state index < -0.39 is 0 Å². The third-order valence-corrected chi connectivity index (χ3v) is 4.25. The maximum Gasteiger partial charge on any atom is 0.409 e. The van der Waals surface area contributed by atoms with Crippen LogP contribution in [0.4, 0.5) is 4.79 Å². The Bertz CT molecular complexity index is 391. The van der Waals surface area contributed by atoms with E-state index in [1.807, 2.05) is 12.3 Å². The molecule has 0 N–H and O–H groups in total. The first-order chi connectivity index (χ1) is 7.72. The van der Waals surface area contributed by atoms with Gasteiger partial charge in [0.15, 0.2) is 0 Å². The lowest BCUT2D eigenvalue weighted by molar-refractivity contribution is 0.109. The molecule has 1 aromatic rings. The van der Waals surface area contributed by atoms with Gasteiger partial charge in [0.05, 0.1) is 11.6 Å². The monoisotopic (exact) mass is 259 g/mol. The minimum Gasteiger partial charge on any atom is -0.450 e. The maximum atomic E-state index is 11.6. The van der Waals surface area contributed by atoms with E-state index in [0.29, 0.717) is 13.2 Å². The molecule has 88 valence electrons. The Kier molecular flexibility index (Phi) is 3.71. The molecule has 0 aliphatic carbocycles. The van der Waals surface area contributed by atoms with Gasteiger partial charge in [-0.25, -0.2) is 4.79 Å². The van der Waals surface area contributed by atoms with Gasteiger partial charge >= 0.3 is 6.09 Å². The maximum absolute atomic E-state index is 11.6. The van der Waals surface area contributed by atoms with Gasteiger partial charge in [0.25, 0.3) is 0 Å². The fourth-order valence-corrected chi connectivity index (χ4v) is 3.21. The van der Waals surface area contributed by atoms with Crippen LogP contribution in [0.2, 0.25) is 5.02 Å². The molecule has 2 rings (SSSR count). The average Bonchev–Trinajstić information content (AvgIpc) is 2.51. The minimum absolute atomic E-state index is 0.214. The molecule has 0 saturated carbocycles. The van der Waals surface area contributed by atoms with Crippen molar-refractivity contribution in [2.75, 3.05) is 19.7 Å². The van der Waals surface area contributed by atoms with Gasteiger partial charge in [-0.15, -0.1) is 11.3 Å². The second-order valence-electron chi connectivity index (χ2n) is 3.67. The van der Waals surface area contributed by atoms with Crippen molar-refractivity contribution in [2.24, 2.45) is 0 Å². The summed E-state index contributed by atoms with van der Waals surface area (Å²) in [7, 11) is 0. The van der Waals surface area contributed by atoms with Crippen molar-refractivity contribution in [3.63, 3.8) is 0 Å². The number of rotatable bonds is 1. The van der Waals surface area contributed by atoms with Crippen molar-refractivity contribution in [3.05, 3.63) is 20.8 Å². The number of hydrogen-bond acceptors (Lipinski definition) is 3. The molecule has 0 bridgehead atoms. The first kappa shape index (κ1) is 11.7. The fraction of sp³-hybridized carbons (Fsp3) is 0.545. The zero-order valence-electron chi connectivity index (χ0n) is 9.16. The fourth-order valence-electron chi connectivity index (χ4n) is 1.86. The molecule has 0 saturated heterocycles. The average molecular weight is 260 g/mol. The Labute approximate surface area is 104 Å². The van der Waals surface area contributed by atoms with Crippen LogP contribution in [0.5, 0.6) is 0 Å². The molecule has 0 unspecified atom stereocenters. The van der Waals surface area contributed by atoms with E-state index in [0.717, 1.165) is 24.4 Å². The Morgan fingerprint density at radius 3 is 3.06 bits per heavy atom. The molecule has 0 radical (unpaired) electrons. The molecule has 16 heavy (non-hydrogen) atoms. The van der Waals surface area contributed by atoms with Crippen molar-refractivity contribution in [1.82, 2.24) is 4.90 Å². The Morgan fingerprint density at radius 2 is 2.31 bits per heavy atom. The van der Waals surface area contributed by atoms with Gasteiger partial charge in [-0.1, -0.05) is 11.6 Å². The highest BCUT2D eigenvalue weighted by molar-refractivity contribution is 7.10. The van der Waals surface area contributed by atoms with E-state index in [4.69, 9.17) is 16.3 Å². The van der Waals surface area contributed by atoms with Gasteiger partial charge in [-0.05, 0) is 25.3 Å². The summed E-state index contributed by atoms with van der Waals surface area (Å²) in [5, 5.41) is 2.82. The number of halogens is 1. The number of hydrogen-bond donors (Lipinski definition) is 0. The summed E-state index contributed by atoms with van der Waals surface area (Å²) >= 11 is 7.78. The van der Waals surface area contributed by atoms with Crippen LogP contribution in [0.3, 0.4) is 0 Å². The highest BCUT2D eigenvalue weighted by Crippen LogP contribution is 2.30. The van der Waals surface area contributed by atoms with Crippen molar-refractivity contribution < 1.29 is 9.53 Å². The van der Waals surface area contributed by atoms with Crippen LogP contribution in [0.1, 0.15) is 17.4 Å². The Balaban J connectivity index is 2.05. The summed E-state index contributed by atoms with van der Waals surface area (Å²) in [5.41, 5.74) is 1.21. The Morgan fingerprint density at radius 1 is 1.56 bits per heavy atom. The summed E-state index contributed by atoms with van der Waals surface area (Å²) in [6, 6.07) is 0. The Hall–Kier alpha value is -0.740. The second-order valence-corrected chi connectivity index (χ2v) is 5.04. The first-order valence-electron chi connectivity index (χ1n) is 5.38. The van der Waals surface area contributed by atoms with Crippen molar-refractivity contribution >= 4 is 29.0 Å². The van der Waals surface area contributed by atoms with Crippen LogP contribution in [0, 0.1) is 0 Å². The first-order valence-corrected chi connectivity index (χ1v) is 6.64. The number of carbonyl (C=O) groups is 1. The molecule has 1 amide bonds. The third-order valence-electron chi connectivity index (χ3n) is 2.70. The normalized spacial score (nSPS) is 15.5. The predicted molar refractivity (Wildman–Crippen MR) is 65.3 cm³/mol. The molecule has 2 heterocycles. The quantitative estimate of drug-likeness (QED) is 0.776. The lowest BCUT2D eigenvalue weighted by Gasteiger charge is -2.19. The van der Waals surface area contributed by atoms with Crippen molar-refractivity contribution in [2.45, 2.75) is 19.8 Å². The van der Waals surface area contributed by atoms with E-state index in [9.17, 15) is 4.79 Å². The third kappa shape index (κ3) is 2.33. The summed E-state index contributed by atoms with van der Waals surface area (Å²) in [5.74, 6) is 0. The number of amides is 1. The van der Waals surface area contributed by atoms with Gasteiger partial charge in [0.1, 0.15) is 0 Å². The predicted octanol–water partition coefficient (Wildman–Crippen LogP) is 2.96. The molecule has 5 heteroatoms. The number of ether oxygens (including phenoxy) is 1. The molecule has 1 aliphatic heterocycles. The topological polar surface area (TPSA) is 29.5 Å². The van der Waals surface area contributed by atoms with Crippen LogP contribution in [0.25, 0.3) is 0 Å². The van der Waals surface area contributed by atoms with Gasteiger partial charge < -0.3 is 9.64 Å². The SMILES string of the molecule is CCOC(=O)N1CCc2scc(Cl)c2CC1. The van der Waals surface area contributed by atoms with Gasteiger partial charge in [-0.3, -0.25) is 0 Å². The van der Waals surface area contributed by atoms with Crippen molar-refractivity contribution in [1.29, 1.82) is 0 Å². The van der Waals surface area contributed by atoms with Gasteiger partial charge in [0, 0.05) is 23.3 Å². The summed E-state index contributed by atoms with van der Waals surface area (Å²) in [6.07, 6.45) is 1.50.